The van der Waals surface area contributed by atoms with E-state index in [9.17, 15) is 19.2 Å². The number of fused-ring (bicyclic) bond motifs is 1. The van der Waals surface area contributed by atoms with Gasteiger partial charge in [0.1, 0.15) is 11.5 Å². The normalized spacial score (nSPS) is 23.6. The van der Waals surface area contributed by atoms with Crippen molar-refractivity contribution in [1.29, 1.82) is 0 Å². The summed E-state index contributed by atoms with van der Waals surface area (Å²) in [5.74, 6) is -2.01. The Hall–Kier alpha value is -3.65. The Bertz CT molecular complexity index is 1300. The Morgan fingerprint density at radius 1 is 1.03 bits per heavy atom. The summed E-state index contributed by atoms with van der Waals surface area (Å²) < 4.78 is 10.9. The molecule has 0 N–H and O–H groups in total. The van der Waals surface area contributed by atoms with Crippen LogP contribution in [-0.2, 0) is 19.2 Å². The van der Waals surface area contributed by atoms with Gasteiger partial charge in [-0.2, -0.15) is 0 Å². The van der Waals surface area contributed by atoms with Crippen molar-refractivity contribution in [2.45, 2.75) is 26.2 Å². The van der Waals surface area contributed by atoms with Crippen molar-refractivity contribution in [1.82, 2.24) is 0 Å². The number of carbonyl (C=O) groups is 4. The molecule has 2 aromatic rings. The van der Waals surface area contributed by atoms with E-state index in [0.717, 1.165) is 5.57 Å². The van der Waals surface area contributed by atoms with Gasteiger partial charge in [0.2, 0.25) is 17.7 Å². The summed E-state index contributed by atoms with van der Waals surface area (Å²) in [6, 6.07) is 11.3. The zero-order valence-electron chi connectivity index (χ0n) is 19.9. The maximum atomic E-state index is 13.0. The first-order chi connectivity index (χ1) is 17.3. The van der Waals surface area contributed by atoms with Gasteiger partial charge >= 0.3 is 5.97 Å². The highest BCUT2D eigenvalue weighted by Crippen LogP contribution is 2.40. The zero-order chi connectivity index (χ0) is 25.6. The van der Waals surface area contributed by atoms with E-state index in [2.05, 4.69) is 0 Å². The smallest absolute Gasteiger partial charge is 0.316 e. The third-order valence-electron chi connectivity index (χ3n) is 7.01. The average molecular weight is 509 g/mol. The predicted molar refractivity (Wildman–Crippen MR) is 133 cm³/mol. The average Bonchev–Trinajstić information content (AvgIpc) is 3.36. The standard InChI is InChI=1S/C27H25ClN2O6/c1-15-6-8-20-21(10-15)26(33)30(25(20)32)18-4-3-5-19(13-18)36-27(34)16-11-24(31)29(14-16)22-12-17(28)7-9-23(22)35-2/h3-7,9,12-13,16,20-21H,8,10-11,14H2,1-2H3/t16-,20-,21-/m1/s1. The second kappa shape index (κ2) is 9.43. The number of hydrogen-bond donors (Lipinski definition) is 0. The van der Waals surface area contributed by atoms with Crippen molar-refractivity contribution >= 4 is 46.7 Å². The van der Waals surface area contributed by atoms with Crippen LogP contribution in [0.4, 0.5) is 11.4 Å². The molecule has 2 fully saturated rings. The minimum absolute atomic E-state index is 0.0208. The van der Waals surface area contributed by atoms with E-state index < -0.39 is 11.9 Å². The van der Waals surface area contributed by atoms with Gasteiger partial charge in [0.05, 0.1) is 36.2 Å². The van der Waals surface area contributed by atoms with Gasteiger partial charge in [-0.3, -0.25) is 19.2 Å². The first-order valence-corrected chi connectivity index (χ1v) is 12.1. The fraction of sp³-hybridized carbons (Fsp3) is 0.333. The molecule has 186 valence electrons. The topological polar surface area (TPSA) is 93.2 Å². The monoisotopic (exact) mass is 508 g/mol. The summed E-state index contributed by atoms with van der Waals surface area (Å²) >= 11 is 6.10. The fourth-order valence-corrected chi connectivity index (χ4v) is 5.32. The quantitative estimate of drug-likeness (QED) is 0.261. The lowest BCUT2D eigenvalue weighted by molar-refractivity contribution is -0.139. The molecule has 1 aliphatic carbocycles. The molecule has 0 unspecified atom stereocenters. The van der Waals surface area contributed by atoms with Gasteiger partial charge in [-0.1, -0.05) is 29.3 Å². The maximum Gasteiger partial charge on any atom is 0.316 e. The van der Waals surface area contributed by atoms with Crippen LogP contribution in [0.25, 0.3) is 0 Å². The molecule has 9 heteroatoms. The largest absolute Gasteiger partial charge is 0.495 e. The summed E-state index contributed by atoms with van der Waals surface area (Å²) in [6.07, 6.45) is 3.12. The molecular weight excluding hydrogens is 484 g/mol. The van der Waals surface area contributed by atoms with E-state index in [1.165, 1.54) is 23.0 Å². The minimum atomic E-state index is -0.697. The molecule has 0 saturated carbocycles. The lowest BCUT2D eigenvalue weighted by Gasteiger charge is -2.20. The molecule has 3 aliphatic rings. The zero-order valence-corrected chi connectivity index (χ0v) is 20.7. The molecule has 5 rings (SSSR count). The molecule has 0 bridgehead atoms. The number of nitrogens with zero attached hydrogens (tertiary/aromatic N) is 2. The molecule has 2 saturated heterocycles. The SMILES string of the molecule is COc1ccc(Cl)cc1N1C[C@H](C(=O)Oc2cccc(N3C(=O)[C@@H]4CC=C(C)C[C@H]4C3=O)c2)CC1=O. The number of benzene rings is 2. The fourth-order valence-electron chi connectivity index (χ4n) is 5.15. The molecule has 3 amide bonds. The molecular formula is C27H25ClN2O6. The third-order valence-corrected chi connectivity index (χ3v) is 7.24. The number of hydrogen-bond acceptors (Lipinski definition) is 6. The van der Waals surface area contributed by atoms with Gasteiger partial charge in [0.25, 0.3) is 0 Å². The number of esters is 1. The summed E-state index contributed by atoms with van der Waals surface area (Å²) in [5.41, 5.74) is 1.97. The van der Waals surface area contributed by atoms with Crippen LogP contribution in [0.3, 0.4) is 0 Å². The van der Waals surface area contributed by atoms with Crippen LogP contribution in [0, 0.1) is 17.8 Å². The van der Waals surface area contributed by atoms with Crippen LogP contribution in [0.1, 0.15) is 26.2 Å². The molecule has 0 spiro atoms. The van der Waals surface area contributed by atoms with E-state index in [0.29, 0.717) is 35.0 Å². The van der Waals surface area contributed by atoms with Crippen LogP contribution >= 0.6 is 11.6 Å². The van der Waals surface area contributed by atoms with Gasteiger partial charge in [0.15, 0.2) is 0 Å². The van der Waals surface area contributed by atoms with Crippen molar-refractivity contribution < 1.29 is 28.7 Å². The summed E-state index contributed by atoms with van der Waals surface area (Å²) in [4.78, 5) is 54.3. The molecule has 0 radical (unpaired) electrons. The van der Waals surface area contributed by atoms with E-state index in [1.807, 2.05) is 13.0 Å². The second-order valence-corrected chi connectivity index (χ2v) is 9.79. The van der Waals surface area contributed by atoms with E-state index in [-0.39, 0.29) is 48.3 Å². The third kappa shape index (κ3) is 4.26. The Balaban J connectivity index is 1.30. The number of methoxy groups -OCH3 is 1. The second-order valence-electron chi connectivity index (χ2n) is 9.36. The summed E-state index contributed by atoms with van der Waals surface area (Å²) in [6.45, 7) is 2.08. The van der Waals surface area contributed by atoms with Crippen LogP contribution < -0.4 is 19.3 Å². The van der Waals surface area contributed by atoms with Gasteiger partial charge < -0.3 is 14.4 Å². The predicted octanol–water partition coefficient (Wildman–Crippen LogP) is 4.15. The van der Waals surface area contributed by atoms with Crippen LogP contribution in [0.5, 0.6) is 11.5 Å². The molecule has 8 nitrogen and oxygen atoms in total. The lowest BCUT2D eigenvalue weighted by Crippen LogP contribution is -2.31. The summed E-state index contributed by atoms with van der Waals surface area (Å²) in [5, 5.41) is 0.443. The molecule has 0 aromatic heterocycles. The van der Waals surface area contributed by atoms with Crippen molar-refractivity contribution in [2.75, 3.05) is 23.5 Å². The molecule has 2 heterocycles. The van der Waals surface area contributed by atoms with Crippen molar-refractivity contribution in [3.8, 4) is 11.5 Å². The van der Waals surface area contributed by atoms with Gasteiger partial charge in [0, 0.05) is 24.1 Å². The number of allylic oxidation sites excluding steroid dienone is 2. The number of amides is 3. The first kappa shape index (κ1) is 24.1. The highest BCUT2D eigenvalue weighted by molar-refractivity contribution is 6.31. The number of halogens is 1. The van der Waals surface area contributed by atoms with Gasteiger partial charge in [-0.25, -0.2) is 4.90 Å². The Morgan fingerprint density at radius 2 is 1.81 bits per heavy atom. The highest BCUT2D eigenvalue weighted by Gasteiger charge is 2.48. The lowest BCUT2D eigenvalue weighted by atomic mass is 9.82. The van der Waals surface area contributed by atoms with Crippen LogP contribution in [0.15, 0.2) is 54.1 Å². The number of anilines is 2. The van der Waals surface area contributed by atoms with E-state index in [4.69, 9.17) is 21.1 Å². The molecule has 3 atom stereocenters. The number of ether oxygens (including phenoxy) is 2. The Kier molecular flexibility index (Phi) is 6.30. The molecule has 2 aromatic carbocycles. The van der Waals surface area contributed by atoms with E-state index in [1.54, 1.807) is 36.4 Å². The maximum absolute atomic E-state index is 13.0. The summed E-state index contributed by atoms with van der Waals surface area (Å²) in [7, 11) is 1.49. The number of carbonyl (C=O) groups excluding carboxylic acids is 4. The van der Waals surface area contributed by atoms with Gasteiger partial charge in [-0.15, -0.1) is 0 Å². The minimum Gasteiger partial charge on any atom is -0.495 e. The number of rotatable bonds is 5. The molecule has 2 aliphatic heterocycles. The number of imide groups is 1. The first-order valence-electron chi connectivity index (χ1n) is 11.8. The molecule has 36 heavy (non-hydrogen) atoms. The van der Waals surface area contributed by atoms with Crippen LogP contribution in [-0.4, -0.2) is 37.3 Å². The Morgan fingerprint density at radius 3 is 2.58 bits per heavy atom. The highest BCUT2D eigenvalue weighted by atomic mass is 35.5. The van der Waals surface area contributed by atoms with Crippen LogP contribution in [0.2, 0.25) is 5.02 Å². The Labute approximate surface area is 213 Å². The van der Waals surface area contributed by atoms with Crippen molar-refractivity contribution in [3.63, 3.8) is 0 Å². The van der Waals surface area contributed by atoms with E-state index >= 15 is 0 Å². The van der Waals surface area contributed by atoms with Gasteiger partial charge in [-0.05, 0) is 50.1 Å². The van der Waals surface area contributed by atoms with Crippen molar-refractivity contribution in [2.24, 2.45) is 17.8 Å². The van der Waals surface area contributed by atoms with Crippen molar-refractivity contribution in [3.05, 3.63) is 59.1 Å².